The number of nitrogens with zero attached hydrogens (tertiary/aromatic N) is 3. The van der Waals surface area contributed by atoms with Gasteiger partial charge in [0.1, 0.15) is 5.82 Å². The lowest BCUT2D eigenvalue weighted by Gasteiger charge is -2.28. The van der Waals surface area contributed by atoms with Crippen LogP contribution in [0.5, 0.6) is 0 Å². The highest BCUT2D eigenvalue weighted by Crippen LogP contribution is 2.29. The summed E-state index contributed by atoms with van der Waals surface area (Å²) in [5, 5.41) is 9.37. The fourth-order valence-corrected chi connectivity index (χ4v) is 2.94. The van der Waals surface area contributed by atoms with Gasteiger partial charge in [0.15, 0.2) is 0 Å². The van der Waals surface area contributed by atoms with Gasteiger partial charge in [0.25, 0.3) is 0 Å². The number of aryl methyl sites for hydroxylation is 1. The summed E-state index contributed by atoms with van der Waals surface area (Å²) in [6.45, 7) is 7.21. The first-order valence-corrected chi connectivity index (χ1v) is 7.19. The van der Waals surface area contributed by atoms with Crippen LogP contribution in [0.1, 0.15) is 31.3 Å². The van der Waals surface area contributed by atoms with Gasteiger partial charge >= 0.3 is 0 Å². The number of benzene rings is 1. The van der Waals surface area contributed by atoms with Gasteiger partial charge in [0, 0.05) is 6.54 Å². The molecule has 0 saturated heterocycles. The minimum absolute atomic E-state index is 0.130. The van der Waals surface area contributed by atoms with Crippen molar-refractivity contribution in [2.75, 3.05) is 20.7 Å². The summed E-state index contributed by atoms with van der Waals surface area (Å²) in [4.78, 5) is 7.05. The standard InChI is InChI=1S/C16H25N3O/c1-11(2)15(18(4)5)16-17-13-10-12(3)6-7-14(13)19(16)8-9-20/h6-7,10-11,15,20H,8-9H2,1-5H3. The first kappa shape index (κ1) is 15.0. The Morgan fingerprint density at radius 2 is 2.00 bits per heavy atom. The van der Waals surface area contributed by atoms with E-state index in [1.54, 1.807) is 0 Å². The van der Waals surface area contributed by atoms with Gasteiger partial charge in [-0.25, -0.2) is 4.98 Å². The average molecular weight is 275 g/mol. The first-order chi connectivity index (χ1) is 9.45. The predicted octanol–water partition coefficient (Wildman–Crippen LogP) is 2.60. The fourth-order valence-electron chi connectivity index (χ4n) is 2.94. The first-order valence-electron chi connectivity index (χ1n) is 7.19. The molecule has 1 N–H and O–H groups in total. The molecule has 1 aromatic heterocycles. The number of hydrogen-bond donors (Lipinski definition) is 1. The maximum absolute atomic E-state index is 9.37. The summed E-state index contributed by atoms with van der Waals surface area (Å²) < 4.78 is 2.15. The molecule has 2 rings (SSSR count). The summed E-state index contributed by atoms with van der Waals surface area (Å²) in [7, 11) is 4.16. The van der Waals surface area contributed by atoms with Crippen LogP contribution >= 0.6 is 0 Å². The van der Waals surface area contributed by atoms with E-state index in [2.05, 4.69) is 62.5 Å². The van der Waals surface area contributed by atoms with Gasteiger partial charge in [-0.3, -0.25) is 4.90 Å². The van der Waals surface area contributed by atoms with Crippen molar-refractivity contribution in [3.63, 3.8) is 0 Å². The highest BCUT2D eigenvalue weighted by molar-refractivity contribution is 5.77. The predicted molar refractivity (Wildman–Crippen MR) is 82.8 cm³/mol. The van der Waals surface area contributed by atoms with Crippen LogP contribution in [0.3, 0.4) is 0 Å². The van der Waals surface area contributed by atoms with Crippen LogP contribution in [-0.2, 0) is 6.54 Å². The van der Waals surface area contributed by atoms with Crippen LogP contribution in [0.25, 0.3) is 11.0 Å². The molecular formula is C16H25N3O. The van der Waals surface area contributed by atoms with E-state index in [9.17, 15) is 5.11 Å². The van der Waals surface area contributed by atoms with Gasteiger partial charge in [0.05, 0.1) is 23.7 Å². The highest BCUT2D eigenvalue weighted by atomic mass is 16.3. The minimum atomic E-state index is 0.130. The normalized spacial score (nSPS) is 13.6. The Hall–Kier alpha value is -1.39. The average Bonchev–Trinajstić information content (AvgIpc) is 2.67. The Balaban J connectivity index is 2.63. The van der Waals surface area contributed by atoms with E-state index in [1.165, 1.54) is 5.56 Å². The second-order valence-electron chi connectivity index (χ2n) is 5.99. The Morgan fingerprint density at radius 1 is 1.30 bits per heavy atom. The van der Waals surface area contributed by atoms with E-state index < -0.39 is 0 Å². The molecular weight excluding hydrogens is 250 g/mol. The van der Waals surface area contributed by atoms with E-state index in [1.807, 2.05) is 0 Å². The Morgan fingerprint density at radius 3 is 2.55 bits per heavy atom. The van der Waals surface area contributed by atoms with Gasteiger partial charge in [0.2, 0.25) is 0 Å². The molecule has 0 aliphatic rings. The molecule has 1 aromatic carbocycles. The molecule has 0 bridgehead atoms. The summed E-state index contributed by atoms with van der Waals surface area (Å²) >= 11 is 0. The molecule has 0 spiro atoms. The maximum atomic E-state index is 9.37. The summed E-state index contributed by atoms with van der Waals surface area (Å²) in [6, 6.07) is 6.56. The molecule has 4 nitrogen and oxygen atoms in total. The molecule has 20 heavy (non-hydrogen) atoms. The molecule has 0 radical (unpaired) electrons. The molecule has 4 heteroatoms. The minimum Gasteiger partial charge on any atom is -0.395 e. The van der Waals surface area contributed by atoms with Gasteiger partial charge in [-0.1, -0.05) is 19.9 Å². The molecule has 1 atom stereocenters. The molecule has 110 valence electrons. The summed E-state index contributed by atoms with van der Waals surface area (Å²) in [6.07, 6.45) is 0. The molecule has 0 aliphatic heterocycles. The summed E-state index contributed by atoms with van der Waals surface area (Å²) in [5.41, 5.74) is 3.33. The molecule has 2 aromatic rings. The number of rotatable bonds is 5. The van der Waals surface area contributed by atoms with Gasteiger partial charge < -0.3 is 9.67 Å². The van der Waals surface area contributed by atoms with Crippen molar-refractivity contribution in [1.82, 2.24) is 14.5 Å². The number of fused-ring (bicyclic) bond motifs is 1. The van der Waals surface area contributed by atoms with E-state index in [4.69, 9.17) is 4.98 Å². The Bertz CT molecular complexity index is 579. The van der Waals surface area contributed by atoms with Crippen LogP contribution in [0.2, 0.25) is 0 Å². The lowest BCUT2D eigenvalue weighted by molar-refractivity contribution is 0.212. The highest BCUT2D eigenvalue weighted by Gasteiger charge is 2.24. The second-order valence-corrected chi connectivity index (χ2v) is 5.99. The van der Waals surface area contributed by atoms with Crippen LogP contribution in [-0.4, -0.2) is 40.3 Å². The number of imidazole rings is 1. The van der Waals surface area contributed by atoms with Crippen molar-refractivity contribution in [1.29, 1.82) is 0 Å². The van der Waals surface area contributed by atoms with Crippen molar-refractivity contribution >= 4 is 11.0 Å². The topological polar surface area (TPSA) is 41.3 Å². The zero-order chi connectivity index (χ0) is 14.9. The molecule has 1 heterocycles. The summed E-state index contributed by atoms with van der Waals surface area (Å²) in [5.74, 6) is 1.50. The largest absolute Gasteiger partial charge is 0.395 e. The van der Waals surface area contributed by atoms with E-state index >= 15 is 0 Å². The lowest BCUT2D eigenvalue weighted by Crippen LogP contribution is -2.28. The third-order valence-electron chi connectivity index (χ3n) is 3.71. The van der Waals surface area contributed by atoms with Crippen LogP contribution in [0.15, 0.2) is 18.2 Å². The monoisotopic (exact) mass is 275 g/mol. The van der Waals surface area contributed by atoms with Crippen molar-refractivity contribution in [3.8, 4) is 0 Å². The van der Waals surface area contributed by atoms with Gasteiger partial charge in [-0.2, -0.15) is 0 Å². The molecule has 1 unspecified atom stereocenters. The zero-order valence-electron chi connectivity index (χ0n) is 13.1. The smallest absolute Gasteiger partial charge is 0.127 e. The van der Waals surface area contributed by atoms with Crippen molar-refractivity contribution in [2.24, 2.45) is 5.92 Å². The van der Waals surface area contributed by atoms with Crippen molar-refractivity contribution < 1.29 is 5.11 Å². The number of aliphatic hydroxyl groups excluding tert-OH is 1. The van der Waals surface area contributed by atoms with Crippen LogP contribution in [0, 0.1) is 12.8 Å². The van der Waals surface area contributed by atoms with Gasteiger partial charge in [-0.15, -0.1) is 0 Å². The van der Waals surface area contributed by atoms with E-state index in [0.717, 1.165) is 16.9 Å². The third kappa shape index (κ3) is 2.72. The number of hydrogen-bond acceptors (Lipinski definition) is 3. The van der Waals surface area contributed by atoms with Crippen molar-refractivity contribution in [3.05, 3.63) is 29.6 Å². The second kappa shape index (κ2) is 5.94. The van der Waals surface area contributed by atoms with Crippen LogP contribution in [0.4, 0.5) is 0 Å². The maximum Gasteiger partial charge on any atom is 0.127 e. The van der Waals surface area contributed by atoms with Crippen molar-refractivity contribution in [2.45, 2.75) is 33.4 Å². The molecule has 0 aliphatic carbocycles. The SMILES string of the molecule is Cc1ccc2c(c1)nc(C(C(C)C)N(C)C)n2CCO. The number of aromatic nitrogens is 2. The lowest BCUT2D eigenvalue weighted by atomic mass is 10.0. The number of aliphatic hydroxyl groups is 1. The van der Waals surface area contributed by atoms with E-state index in [-0.39, 0.29) is 12.6 Å². The Kier molecular flexibility index (Phi) is 4.45. The van der Waals surface area contributed by atoms with E-state index in [0.29, 0.717) is 12.5 Å². The third-order valence-corrected chi connectivity index (χ3v) is 3.71. The zero-order valence-corrected chi connectivity index (χ0v) is 13.1. The van der Waals surface area contributed by atoms with Gasteiger partial charge in [-0.05, 0) is 44.6 Å². The Labute approximate surface area is 121 Å². The fraction of sp³-hybridized carbons (Fsp3) is 0.562. The molecule has 0 fully saturated rings. The molecule has 0 saturated carbocycles. The quantitative estimate of drug-likeness (QED) is 0.912. The van der Waals surface area contributed by atoms with Crippen LogP contribution < -0.4 is 0 Å². The molecule has 0 amide bonds.